The summed E-state index contributed by atoms with van der Waals surface area (Å²) >= 11 is 0. The number of benzene rings is 1. The second kappa shape index (κ2) is 4.08. The van der Waals surface area contributed by atoms with Crippen molar-refractivity contribution >= 4 is 11.6 Å². The summed E-state index contributed by atoms with van der Waals surface area (Å²) in [5.74, 6) is -0.673. The number of aromatic amines is 1. The summed E-state index contributed by atoms with van der Waals surface area (Å²) in [6.45, 7) is 0. The smallest absolute Gasteiger partial charge is 0.272 e. The van der Waals surface area contributed by atoms with Crippen molar-refractivity contribution in [2.24, 2.45) is 0 Å². The first kappa shape index (κ1) is 11.7. The maximum atomic E-state index is 13.8. The second-order valence-corrected chi connectivity index (χ2v) is 4.72. The number of carbonyl (C=O) groups excluding carboxylic acids is 1. The summed E-state index contributed by atoms with van der Waals surface area (Å²) in [4.78, 5) is 12.1. The van der Waals surface area contributed by atoms with E-state index in [-0.39, 0.29) is 23.1 Å². The number of carbonyl (C=O) groups is 1. The van der Waals surface area contributed by atoms with Crippen LogP contribution in [0.4, 0.5) is 10.1 Å². The van der Waals surface area contributed by atoms with E-state index in [9.17, 15) is 9.18 Å². The van der Waals surface area contributed by atoms with E-state index in [4.69, 9.17) is 5.73 Å². The van der Waals surface area contributed by atoms with Crippen molar-refractivity contribution < 1.29 is 9.18 Å². The van der Waals surface area contributed by atoms with Gasteiger partial charge in [-0.2, -0.15) is 5.10 Å². The fraction of sp³-hybridized carbons (Fsp3) is 0.231. The third-order valence-electron chi connectivity index (χ3n) is 3.39. The number of anilines is 1. The molecule has 1 aromatic carbocycles. The van der Waals surface area contributed by atoms with Gasteiger partial charge in [-0.15, -0.1) is 0 Å². The zero-order valence-corrected chi connectivity index (χ0v) is 10.1. The molecule has 1 aliphatic rings. The van der Waals surface area contributed by atoms with Crippen LogP contribution in [0.5, 0.6) is 0 Å². The van der Waals surface area contributed by atoms with Gasteiger partial charge in [-0.25, -0.2) is 4.39 Å². The lowest BCUT2D eigenvalue weighted by Gasteiger charge is -2.18. The predicted molar refractivity (Wildman–Crippen MR) is 67.8 cm³/mol. The lowest BCUT2D eigenvalue weighted by Crippen LogP contribution is -2.36. The van der Waals surface area contributed by atoms with E-state index in [2.05, 4.69) is 15.5 Å². The van der Waals surface area contributed by atoms with E-state index in [0.29, 0.717) is 18.4 Å². The molecule has 5 nitrogen and oxygen atoms in total. The van der Waals surface area contributed by atoms with Gasteiger partial charge in [0.15, 0.2) is 0 Å². The van der Waals surface area contributed by atoms with Crippen molar-refractivity contribution in [3.8, 4) is 0 Å². The summed E-state index contributed by atoms with van der Waals surface area (Å²) in [7, 11) is 0. The zero-order chi connectivity index (χ0) is 13.5. The number of nitrogens with one attached hydrogen (secondary N) is 2. The van der Waals surface area contributed by atoms with Crippen LogP contribution in [-0.2, 0) is 5.54 Å². The zero-order valence-electron chi connectivity index (χ0n) is 10.1. The summed E-state index contributed by atoms with van der Waals surface area (Å²) < 4.78 is 13.8. The van der Waals surface area contributed by atoms with Crippen molar-refractivity contribution in [1.29, 1.82) is 0 Å². The van der Waals surface area contributed by atoms with Gasteiger partial charge in [-0.3, -0.25) is 9.89 Å². The molecule has 1 saturated carbocycles. The molecule has 0 bridgehead atoms. The number of amides is 1. The third-order valence-corrected chi connectivity index (χ3v) is 3.39. The maximum absolute atomic E-state index is 13.8. The average molecular weight is 260 g/mol. The molecule has 2 aromatic rings. The monoisotopic (exact) mass is 260 g/mol. The van der Waals surface area contributed by atoms with Crippen molar-refractivity contribution in [1.82, 2.24) is 15.5 Å². The van der Waals surface area contributed by atoms with Crippen molar-refractivity contribution in [3.05, 3.63) is 47.5 Å². The molecular weight excluding hydrogens is 247 g/mol. The Kier molecular flexibility index (Phi) is 2.51. The SMILES string of the molecule is Nc1cn[nH]c1C(=O)NC1(c2ccccc2F)CC1. The topological polar surface area (TPSA) is 83.8 Å². The number of hydrogen-bond donors (Lipinski definition) is 3. The van der Waals surface area contributed by atoms with Gasteiger partial charge in [0.1, 0.15) is 11.5 Å². The Hall–Kier alpha value is -2.37. The standard InChI is InChI=1S/C13H13FN4O/c14-9-4-2-1-3-8(9)13(5-6-13)17-12(19)11-10(15)7-16-18-11/h1-4,7H,5-6,15H2,(H,16,18)(H,17,19). The third kappa shape index (κ3) is 1.95. The predicted octanol–water partition coefficient (Wildman–Crippen LogP) is 1.55. The molecule has 1 heterocycles. The first-order chi connectivity index (χ1) is 9.12. The highest BCUT2D eigenvalue weighted by atomic mass is 19.1. The summed E-state index contributed by atoms with van der Waals surface area (Å²) in [5.41, 5.74) is 6.01. The normalized spacial score (nSPS) is 16.1. The number of nitrogen functional groups attached to an aromatic ring is 1. The van der Waals surface area contributed by atoms with Gasteiger partial charge in [0.2, 0.25) is 0 Å². The molecule has 1 aliphatic carbocycles. The molecule has 0 unspecified atom stereocenters. The fourth-order valence-electron chi connectivity index (χ4n) is 2.19. The van der Waals surface area contributed by atoms with Gasteiger partial charge in [0, 0.05) is 5.56 Å². The van der Waals surface area contributed by atoms with Crippen molar-refractivity contribution in [2.75, 3.05) is 5.73 Å². The molecule has 98 valence electrons. The van der Waals surface area contributed by atoms with Gasteiger partial charge >= 0.3 is 0 Å². The molecule has 6 heteroatoms. The number of hydrogen-bond acceptors (Lipinski definition) is 3. The first-order valence-corrected chi connectivity index (χ1v) is 5.99. The average Bonchev–Trinajstić information content (AvgIpc) is 3.02. The van der Waals surface area contributed by atoms with Crippen LogP contribution in [0.15, 0.2) is 30.5 Å². The molecule has 0 radical (unpaired) electrons. The van der Waals surface area contributed by atoms with Crippen LogP contribution in [0.1, 0.15) is 28.9 Å². The summed E-state index contributed by atoms with van der Waals surface area (Å²) in [6.07, 6.45) is 2.80. The Morgan fingerprint density at radius 3 is 2.74 bits per heavy atom. The Labute approximate surface area is 109 Å². The van der Waals surface area contributed by atoms with E-state index in [1.165, 1.54) is 12.3 Å². The molecule has 0 atom stereocenters. The Morgan fingerprint density at radius 2 is 2.16 bits per heavy atom. The van der Waals surface area contributed by atoms with Crippen molar-refractivity contribution in [3.63, 3.8) is 0 Å². The van der Waals surface area contributed by atoms with E-state index >= 15 is 0 Å². The molecule has 3 rings (SSSR count). The summed E-state index contributed by atoms with van der Waals surface area (Å²) in [6, 6.07) is 6.48. The molecule has 0 saturated heterocycles. The number of H-pyrrole nitrogens is 1. The summed E-state index contributed by atoms with van der Waals surface area (Å²) in [5, 5.41) is 9.08. The van der Waals surface area contributed by atoms with Gasteiger partial charge in [-0.1, -0.05) is 18.2 Å². The lowest BCUT2D eigenvalue weighted by atomic mass is 10.0. The Balaban J connectivity index is 1.86. The number of aromatic nitrogens is 2. The largest absolute Gasteiger partial charge is 0.396 e. The minimum atomic E-state index is -0.611. The lowest BCUT2D eigenvalue weighted by molar-refractivity contribution is 0.0926. The second-order valence-electron chi connectivity index (χ2n) is 4.72. The quantitative estimate of drug-likeness (QED) is 0.782. The number of nitrogens with zero attached hydrogens (tertiary/aromatic N) is 1. The van der Waals surface area contributed by atoms with Gasteiger partial charge in [0.05, 0.1) is 17.4 Å². The first-order valence-electron chi connectivity index (χ1n) is 5.99. The fourth-order valence-corrected chi connectivity index (χ4v) is 2.19. The van der Waals surface area contributed by atoms with Crippen LogP contribution >= 0.6 is 0 Å². The molecule has 19 heavy (non-hydrogen) atoms. The van der Waals surface area contributed by atoms with E-state index < -0.39 is 5.54 Å². The highest BCUT2D eigenvalue weighted by Gasteiger charge is 2.47. The molecular formula is C13H13FN4O. The minimum Gasteiger partial charge on any atom is -0.396 e. The molecule has 0 spiro atoms. The van der Waals surface area contributed by atoms with E-state index in [0.717, 1.165) is 0 Å². The molecule has 1 fully saturated rings. The Morgan fingerprint density at radius 1 is 1.42 bits per heavy atom. The highest BCUT2D eigenvalue weighted by molar-refractivity contribution is 5.97. The maximum Gasteiger partial charge on any atom is 0.272 e. The highest BCUT2D eigenvalue weighted by Crippen LogP contribution is 2.46. The van der Waals surface area contributed by atoms with E-state index in [1.54, 1.807) is 18.2 Å². The molecule has 1 amide bonds. The Bertz CT molecular complexity index is 633. The van der Waals surface area contributed by atoms with Crippen LogP contribution in [0.2, 0.25) is 0 Å². The minimum absolute atomic E-state index is 0.211. The number of nitrogens with two attached hydrogens (primary N) is 1. The van der Waals surface area contributed by atoms with Gasteiger partial charge in [-0.05, 0) is 18.9 Å². The number of rotatable bonds is 3. The van der Waals surface area contributed by atoms with Crippen molar-refractivity contribution in [2.45, 2.75) is 18.4 Å². The van der Waals surface area contributed by atoms with Crippen LogP contribution < -0.4 is 11.1 Å². The molecule has 1 aromatic heterocycles. The molecule has 0 aliphatic heterocycles. The number of halogens is 1. The van der Waals surface area contributed by atoms with Crippen LogP contribution in [0, 0.1) is 5.82 Å². The van der Waals surface area contributed by atoms with Crippen LogP contribution in [-0.4, -0.2) is 16.1 Å². The van der Waals surface area contributed by atoms with Crippen LogP contribution in [0.3, 0.4) is 0 Å². The van der Waals surface area contributed by atoms with Gasteiger partial charge in [0.25, 0.3) is 5.91 Å². The van der Waals surface area contributed by atoms with Gasteiger partial charge < -0.3 is 11.1 Å². The molecule has 4 N–H and O–H groups in total. The van der Waals surface area contributed by atoms with E-state index in [1.807, 2.05) is 0 Å². The van der Waals surface area contributed by atoms with Crippen LogP contribution in [0.25, 0.3) is 0 Å².